The lowest BCUT2D eigenvalue weighted by molar-refractivity contribution is -0.117. The number of nitrogens with zero attached hydrogens (tertiary/aromatic N) is 4. The molecule has 2 N–H and O–H groups in total. The number of carbonyl (C=O) groups is 2. The topological polar surface area (TPSA) is 101 Å². The number of methoxy groups -OCH3 is 1. The fourth-order valence-corrected chi connectivity index (χ4v) is 5.35. The molecule has 0 spiro atoms. The van der Waals surface area contributed by atoms with Gasteiger partial charge in [0, 0.05) is 42.2 Å². The van der Waals surface area contributed by atoms with E-state index >= 15 is 0 Å². The number of rotatable bonds is 11. The van der Waals surface area contributed by atoms with E-state index in [9.17, 15) is 9.59 Å². The second-order valence-corrected chi connectivity index (χ2v) is 10.0. The van der Waals surface area contributed by atoms with Gasteiger partial charge in [-0.2, -0.15) is 0 Å². The van der Waals surface area contributed by atoms with Gasteiger partial charge in [0.2, 0.25) is 11.8 Å². The summed E-state index contributed by atoms with van der Waals surface area (Å²) in [5.74, 6) is 2.04. The Balaban J connectivity index is 1.23. The van der Waals surface area contributed by atoms with Crippen molar-refractivity contribution in [1.29, 1.82) is 0 Å². The first-order valence-corrected chi connectivity index (χ1v) is 13.8. The fraction of sp³-hybridized carbons (Fsp3) is 0.241. The van der Waals surface area contributed by atoms with Gasteiger partial charge in [0.25, 0.3) is 0 Å². The zero-order valence-electron chi connectivity index (χ0n) is 21.7. The number of anilines is 3. The van der Waals surface area contributed by atoms with E-state index in [-0.39, 0.29) is 11.8 Å². The third-order valence-corrected chi connectivity index (χ3v) is 7.26. The molecule has 1 aliphatic rings. The van der Waals surface area contributed by atoms with E-state index in [0.29, 0.717) is 42.5 Å². The maximum Gasteiger partial charge on any atom is 0.227 e. The van der Waals surface area contributed by atoms with Crippen LogP contribution in [0.2, 0.25) is 0 Å². The predicted molar refractivity (Wildman–Crippen MR) is 154 cm³/mol. The van der Waals surface area contributed by atoms with Gasteiger partial charge < -0.3 is 20.3 Å². The van der Waals surface area contributed by atoms with Crippen LogP contribution in [0.25, 0.3) is 5.69 Å². The molecular formula is C29H30N6O3S. The summed E-state index contributed by atoms with van der Waals surface area (Å²) in [4.78, 5) is 26.5. The molecule has 10 heteroatoms. The van der Waals surface area contributed by atoms with Crippen LogP contribution in [0.5, 0.6) is 5.75 Å². The number of nitrogens with one attached hydrogen (secondary N) is 2. The zero-order chi connectivity index (χ0) is 27.0. The molecule has 0 atom stereocenters. The minimum Gasteiger partial charge on any atom is -0.495 e. The summed E-state index contributed by atoms with van der Waals surface area (Å²) < 4.78 is 7.45. The lowest BCUT2D eigenvalue weighted by Gasteiger charge is -2.16. The first-order valence-electron chi connectivity index (χ1n) is 12.8. The molecule has 0 unspecified atom stereocenters. The second-order valence-electron chi connectivity index (χ2n) is 8.97. The van der Waals surface area contributed by atoms with Gasteiger partial charge in [-0.15, -0.1) is 10.2 Å². The summed E-state index contributed by atoms with van der Waals surface area (Å²) in [6, 6.07) is 25.1. The number of hydrogen-bond donors (Lipinski definition) is 2. The number of ether oxygens (including phenoxy) is 1. The van der Waals surface area contributed by atoms with Crippen LogP contribution in [0.3, 0.4) is 0 Å². The summed E-state index contributed by atoms with van der Waals surface area (Å²) in [7, 11) is 1.64. The van der Waals surface area contributed by atoms with Crippen LogP contribution in [-0.4, -0.2) is 46.0 Å². The Bertz CT molecular complexity index is 1440. The summed E-state index contributed by atoms with van der Waals surface area (Å²) >= 11 is 1.48. The van der Waals surface area contributed by atoms with E-state index in [2.05, 4.69) is 20.8 Å². The highest BCUT2D eigenvalue weighted by atomic mass is 32.2. The molecule has 9 nitrogen and oxygen atoms in total. The number of benzene rings is 3. The molecule has 39 heavy (non-hydrogen) atoms. The molecule has 2 heterocycles. The normalized spacial score (nSPS) is 12.9. The van der Waals surface area contributed by atoms with Gasteiger partial charge in [-0.3, -0.25) is 14.2 Å². The third kappa shape index (κ3) is 6.40. The van der Waals surface area contributed by atoms with Crippen molar-refractivity contribution in [2.24, 2.45) is 0 Å². The van der Waals surface area contributed by atoms with Crippen LogP contribution >= 0.6 is 11.8 Å². The van der Waals surface area contributed by atoms with Crippen molar-refractivity contribution in [3.8, 4) is 11.4 Å². The third-order valence-electron chi connectivity index (χ3n) is 6.33. The molecule has 4 aromatic rings. The van der Waals surface area contributed by atoms with Crippen LogP contribution < -0.4 is 20.3 Å². The molecule has 200 valence electrons. The molecule has 2 amide bonds. The maximum absolute atomic E-state index is 12.7. The van der Waals surface area contributed by atoms with Gasteiger partial charge >= 0.3 is 0 Å². The van der Waals surface area contributed by atoms with E-state index in [0.717, 1.165) is 35.1 Å². The van der Waals surface area contributed by atoms with Gasteiger partial charge in [-0.05, 0) is 48.9 Å². The number of carbonyl (C=O) groups excluding carboxylic acids is 2. The highest BCUT2D eigenvalue weighted by Crippen LogP contribution is 2.27. The molecule has 0 saturated carbocycles. The molecule has 1 aliphatic heterocycles. The van der Waals surface area contributed by atoms with Crippen molar-refractivity contribution in [2.75, 3.05) is 34.9 Å². The van der Waals surface area contributed by atoms with Crippen LogP contribution in [0.15, 0.2) is 84.0 Å². The number of hydrogen-bond acceptors (Lipinski definition) is 7. The lowest BCUT2D eigenvalue weighted by Crippen LogP contribution is -2.23. The molecule has 0 aliphatic carbocycles. The fourth-order valence-electron chi connectivity index (χ4n) is 4.44. The van der Waals surface area contributed by atoms with Gasteiger partial charge in [-0.1, -0.05) is 48.2 Å². The van der Waals surface area contributed by atoms with Gasteiger partial charge in [0.05, 0.1) is 19.3 Å². The monoisotopic (exact) mass is 542 g/mol. The smallest absolute Gasteiger partial charge is 0.227 e. The lowest BCUT2D eigenvalue weighted by atomic mass is 10.2. The largest absolute Gasteiger partial charge is 0.495 e. The van der Waals surface area contributed by atoms with Crippen molar-refractivity contribution in [1.82, 2.24) is 14.8 Å². The molecule has 1 fully saturated rings. The summed E-state index contributed by atoms with van der Waals surface area (Å²) in [6.45, 7) is 1.16. The first kappa shape index (κ1) is 26.3. The molecule has 5 rings (SSSR count). The Labute approximate surface area is 231 Å². The summed E-state index contributed by atoms with van der Waals surface area (Å²) in [5.41, 5.74) is 3.31. The molecule has 1 saturated heterocycles. The Kier molecular flexibility index (Phi) is 8.42. The van der Waals surface area contributed by atoms with Gasteiger partial charge in [0.1, 0.15) is 5.75 Å². The number of para-hydroxylation sites is 3. The average molecular weight is 543 g/mol. The van der Waals surface area contributed by atoms with E-state index < -0.39 is 0 Å². The Morgan fingerprint density at radius 2 is 1.79 bits per heavy atom. The van der Waals surface area contributed by atoms with E-state index in [1.165, 1.54) is 11.8 Å². The van der Waals surface area contributed by atoms with Crippen molar-refractivity contribution in [2.45, 2.75) is 31.0 Å². The van der Waals surface area contributed by atoms with Crippen molar-refractivity contribution >= 4 is 40.6 Å². The highest BCUT2D eigenvalue weighted by molar-refractivity contribution is 7.99. The molecule has 3 aromatic carbocycles. The minimum absolute atomic E-state index is 0.101. The SMILES string of the molecule is COc1ccccc1NCc1nnc(SCCC(=O)Nc2cccc(N3CCCC3=O)c2)n1-c1ccccc1. The first-order chi connectivity index (χ1) is 19.1. The van der Waals surface area contributed by atoms with Crippen molar-refractivity contribution in [3.05, 3.63) is 84.7 Å². The van der Waals surface area contributed by atoms with Crippen LogP contribution in [0, 0.1) is 0 Å². The van der Waals surface area contributed by atoms with E-state index in [1.807, 2.05) is 83.4 Å². The van der Waals surface area contributed by atoms with Crippen molar-refractivity contribution < 1.29 is 14.3 Å². The average Bonchev–Trinajstić information content (AvgIpc) is 3.58. The molecule has 0 bridgehead atoms. The summed E-state index contributed by atoms with van der Waals surface area (Å²) in [6.07, 6.45) is 1.73. The Morgan fingerprint density at radius 3 is 2.59 bits per heavy atom. The quantitative estimate of drug-likeness (QED) is 0.253. The summed E-state index contributed by atoms with van der Waals surface area (Å²) in [5, 5.41) is 15.9. The minimum atomic E-state index is -0.101. The van der Waals surface area contributed by atoms with E-state index in [4.69, 9.17) is 4.74 Å². The Morgan fingerprint density at radius 1 is 1.00 bits per heavy atom. The van der Waals surface area contributed by atoms with Crippen LogP contribution in [0.4, 0.5) is 17.1 Å². The number of thioether (sulfide) groups is 1. The molecule has 0 radical (unpaired) electrons. The van der Waals surface area contributed by atoms with E-state index in [1.54, 1.807) is 12.0 Å². The van der Waals surface area contributed by atoms with Crippen LogP contribution in [-0.2, 0) is 16.1 Å². The predicted octanol–water partition coefficient (Wildman–Crippen LogP) is 5.14. The second kappa shape index (κ2) is 12.5. The Hall–Kier alpha value is -4.31. The maximum atomic E-state index is 12.7. The zero-order valence-corrected chi connectivity index (χ0v) is 22.5. The number of aromatic nitrogens is 3. The standard InChI is InChI=1S/C29H30N6O3S/c1-38-25-14-6-5-13-24(25)30-20-26-32-33-29(35(26)22-10-3-2-4-11-22)39-18-16-27(36)31-21-9-7-12-23(19-21)34-17-8-15-28(34)37/h2-7,9-14,19,30H,8,15-18,20H2,1H3,(H,31,36). The van der Waals surface area contributed by atoms with Gasteiger partial charge in [0.15, 0.2) is 11.0 Å². The highest BCUT2D eigenvalue weighted by Gasteiger charge is 2.22. The van der Waals surface area contributed by atoms with Gasteiger partial charge in [-0.25, -0.2) is 0 Å². The number of amides is 2. The molecular weight excluding hydrogens is 512 g/mol. The van der Waals surface area contributed by atoms with Crippen molar-refractivity contribution in [3.63, 3.8) is 0 Å². The van der Waals surface area contributed by atoms with Crippen LogP contribution in [0.1, 0.15) is 25.1 Å². The molecule has 1 aromatic heterocycles.